The van der Waals surface area contributed by atoms with E-state index in [1.807, 2.05) is 41.5 Å². The van der Waals surface area contributed by atoms with Crippen molar-refractivity contribution in [2.24, 2.45) is 29.6 Å². The highest BCUT2D eigenvalue weighted by molar-refractivity contribution is 5.79. The molecule has 0 aromatic rings. The van der Waals surface area contributed by atoms with Crippen molar-refractivity contribution < 1.29 is 52.7 Å². The fraction of sp³-hybridized carbons (Fsp3) is 0.742. The SMILES string of the molecule is COC1OC(OC(=O)CC(C)C)C2C(=C1COC(=O)CC(C)C)C=CC2(O)COC(=O)C(OC(=O)CC(C)C)C(C)C. The summed E-state index contributed by atoms with van der Waals surface area (Å²) in [5.74, 6) is -3.53. The fourth-order valence-corrected chi connectivity index (χ4v) is 4.71. The van der Waals surface area contributed by atoms with E-state index in [0.717, 1.165) is 0 Å². The molecule has 2 aliphatic rings. The zero-order chi connectivity index (χ0) is 31.8. The monoisotopic (exact) mass is 596 g/mol. The maximum Gasteiger partial charge on any atom is 0.347 e. The minimum absolute atomic E-state index is 0.0122. The smallest absolute Gasteiger partial charge is 0.347 e. The van der Waals surface area contributed by atoms with Crippen LogP contribution in [-0.2, 0) is 47.6 Å². The number of carbonyl (C=O) groups excluding carboxylic acids is 4. The lowest BCUT2D eigenvalue weighted by atomic mass is 9.83. The van der Waals surface area contributed by atoms with Gasteiger partial charge in [0.15, 0.2) is 6.29 Å². The minimum Gasteiger partial charge on any atom is -0.461 e. The predicted octanol–water partition coefficient (Wildman–Crippen LogP) is 3.86. The zero-order valence-electron chi connectivity index (χ0n) is 26.3. The Balaban J connectivity index is 2.34. The molecule has 1 aliphatic carbocycles. The third-order valence-corrected chi connectivity index (χ3v) is 6.73. The van der Waals surface area contributed by atoms with Gasteiger partial charge in [-0.15, -0.1) is 0 Å². The summed E-state index contributed by atoms with van der Waals surface area (Å²) in [6.07, 6.45) is 0.00783. The van der Waals surface area contributed by atoms with Gasteiger partial charge in [-0.1, -0.05) is 61.5 Å². The van der Waals surface area contributed by atoms with Gasteiger partial charge in [-0.05, 0) is 29.4 Å². The van der Waals surface area contributed by atoms with Crippen LogP contribution >= 0.6 is 0 Å². The number of hydrogen-bond donors (Lipinski definition) is 1. The number of aliphatic hydroxyl groups is 1. The molecule has 0 fully saturated rings. The minimum atomic E-state index is -1.86. The molecular formula is C31H48O11. The maximum atomic E-state index is 13.0. The summed E-state index contributed by atoms with van der Waals surface area (Å²) in [7, 11) is 1.40. The van der Waals surface area contributed by atoms with E-state index in [-0.39, 0.29) is 49.5 Å². The number of hydrogen-bond acceptors (Lipinski definition) is 11. The van der Waals surface area contributed by atoms with E-state index in [2.05, 4.69) is 0 Å². The van der Waals surface area contributed by atoms with Crippen molar-refractivity contribution in [2.45, 2.75) is 98.9 Å². The van der Waals surface area contributed by atoms with Gasteiger partial charge in [0.25, 0.3) is 0 Å². The maximum absolute atomic E-state index is 13.0. The van der Waals surface area contributed by atoms with Gasteiger partial charge in [0.1, 0.15) is 18.8 Å². The number of methoxy groups -OCH3 is 1. The molecule has 0 saturated carbocycles. The lowest BCUT2D eigenvalue weighted by molar-refractivity contribution is -0.260. The summed E-state index contributed by atoms with van der Waals surface area (Å²) in [5, 5.41) is 11.8. The Kier molecular flexibility index (Phi) is 13.2. The third-order valence-electron chi connectivity index (χ3n) is 6.73. The van der Waals surface area contributed by atoms with Crippen LogP contribution in [0.5, 0.6) is 0 Å². The van der Waals surface area contributed by atoms with Gasteiger partial charge in [0, 0.05) is 37.9 Å². The van der Waals surface area contributed by atoms with E-state index < -0.39 is 60.7 Å². The van der Waals surface area contributed by atoms with Crippen LogP contribution in [0.3, 0.4) is 0 Å². The van der Waals surface area contributed by atoms with E-state index in [0.29, 0.717) is 11.1 Å². The van der Waals surface area contributed by atoms with Gasteiger partial charge in [-0.2, -0.15) is 0 Å². The topological polar surface area (TPSA) is 144 Å². The number of allylic oxidation sites excluding steroid dienone is 1. The number of ether oxygens (including phenoxy) is 6. The molecule has 11 nitrogen and oxygen atoms in total. The Morgan fingerprint density at radius 2 is 1.45 bits per heavy atom. The molecular weight excluding hydrogens is 548 g/mol. The molecule has 238 valence electrons. The molecule has 0 aromatic heterocycles. The van der Waals surface area contributed by atoms with Crippen molar-refractivity contribution in [1.82, 2.24) is 0 Å². The van der Waals surface area contributed by atoms with Gasteiger partial charge in [0.2, 0.25) is 12.4 Å². The molecule has 0 radical (unpaired) electrons. The van der Waals surface area contributed by atoms with E-state index in [1.165, 1.54) is 13.2 Å². The second kappa shape index (κ2) is 15.6. The van der Waals surface area contributed by atoms with Gasteiger partial charge >= 0.3 is 23.9 Å². The molecule has 0 amide bonds. The molecule has 0 aromatic carbocycles. The van der Waals surface area contributed by atoms with Crippen molar-refractivity contribution in [3.63, 3.8) is 0 Å². The Morgan fingerprint density at radius 1 is 0.881 bits per heavy atom. The summed E-state index contributed by atoms with van der Waals surface area (Å²) >= 11 is 0. The number of fused-ring (bicyclic) bond motifs is 1. The molecule has 1 N–H and O–H groups in total. The first-order valence-electron chi connectivity index (χ1n) is 14.6. The second-order valence-electron chi connectivity index (χ2n) is 12.6. The molecule has 0 spiro atoms. The Labute approximate surface area is 248 Å². The van der Waals surface area contributed by atoms with Crippen molar-refractivity contribution in [1.29, 1.82) is 0 Å². The summed E-state index contributed by atoms with van der Waals surface area (Å²) in [6.45, 7) is 14.0. The summed E-state index contributed by atoms with van der Waals surface area (Å²) in [6, 6.07) is 0. The highest BCUT2D eigenvalue weighted by Crippen LogP contribution is 2.45. The van der Waals surface area contributed by atoms with Crippen LogP contribution < -0.4 is 0 Å². The van der Waals surface area contributed by atoms with Crippen molar-refractivity contribution in [3.8, 4) is 0 Å². The van der Waals surface area contributed by atoms with E-state index in [9.17, 15) is 24.3 Å². The summed E-state index contributed by atoms with van der Waals surface area (Å²) in [5.41, 5.74) is -0.949. The molecule has 2 rings (SSSR count). The first kappa shape index (κ1) is 35.4. The molecule has 5 unspecified atom stereocenters. The number of rotatable bonds is 15. The van der Waals surface area contributed by atoms with Gasteiger partial charge in [0.05, 0.1) is 5.92 Å². The van der Waals surface area contributed by atoms with Crippen LogP contribution in [0, 0.1) is 29.6 Å². The lowest BCUT2D eigenvalue weighted by Gasteiger charge is -2.41. The van der Waals surface area contributed by atoms with E-state index in [4.69, 9.17) is 28.4 Å². The fourth-order valence-electron chi connectivity index (χ4n) is 4.71. The molecule has 1 heterocycles. The summed E-state index contributed by atoms with van der Waals surface area (Å²) in [4.78, 5) is 50.3. The number of carbonyl (C=O) groups is 4. The first-order chi connectivity index (χ1) is 19.6. The van der Waals surface area contributed by atoms with Crippen LogP contribution in [0.2, 0.25) is 0 Å². The molecule has 11 heteroatoms. The van der Waals surface area contributed by atoms with Crippen LogP contribution in [0.1, 0.15) is 74.7 Å². The number of esters is 4. The van der Waals surface area contributed by atoms with E-state index in [1.54, 1.807) is 19.9 Å². The van der Waals surface area contributed by atoms with Gasteiger partial charge in [-0.25, -0.2) is 4.79 Å². The Hall–Kier alpha value is -2.76. The van der Waals surface area contributed by atoms with Crippen molar-refractivity contribution >= 4 is 23.9 Å². The highest BCUT2D eigenvalue weighted by atomic mass is 16.8. The largest absolute Gasteiger partial charge is 0.461 e. The van der Waals surface area contributed by atoms with Crippen molar-refractivity contribution in [3.05, 3.63) is 23.3 Å². The molecule has 42 heavy (non-hydrogen) atoms. The average molecular weight is 597 g/mol. The quantitative estimate of drug-likeness (QED) is 0.217. The van der Waals surface area contributed by atoms with Gasteiger partial charge < -0.3 is 33.5 Å². The average Bonchev–Trinajstić information content (AvgIpc) is 3.21. The Bertz CT molecular complexity index is 1030. The summed E-state index contributed by atoms with van der Waals surface area (Å²) < 4.78 is 33.5. The lowest BCUT2D eigenvalue weighted by Crippen LogP contribution is -2.52. The normalized spacial score (nSPS) is 24.3. The Morgan fingerprint density at radius 3 is 2.00 bits per heavy atom. The molecule has 5 atom stereocenters. The molecule has 0 saturated heterocycles. The molecule has 1 aliphatic heterocycles. The van der Waals surface area contributed by atoms with Crippen molar-refractivity contribution in [2.75, 3.05) is 20.3 Å². The second-order valence-corrected chi connectivity index (χ2v) is 12.6. The van der Waals surface area contributed by atoms with Crippen LogP contribution in [0.15, 0.2) is 23.3 Å². The highest BCUT2D eigenvalue weighted by Gasteiger charge is 2.53. The third kappa shape index (κ3) is 9.91. The zero-order valence-corrected chi connectivity index (χ0v) is 26.3. The van der Waals surface area contributed by atoms with Crippen LogP contribution in [0.4, 0.5) is 0 Å². The first-order valence-corrected chi connectivity index (χ1v) is 14.6. The van der Waals surface area contributed by atoms with Gasteiger partial charge in [-0.3, -0.25) is 14.4 Å². The van der Waals surface area contributed by atoms with E-state index >= 15 is 0 Å². The van der Waals surface area contributed by atoms with Crippen LogP contribution in [-0.4, -0.2) is 73.6 Å². The predicted molar refractivity (Wildman–Crippen MR) is 151 cm³/mol. The standard InChI is InChI=1S/C31H48O11/c1-17(2)12-23(32)38-15-22-21-10-11-31(36,16-39-28(35)27(20(7)8)40-24(33)13-18(3)4)26(21)30(42-29(22)37-9)41-25(34)14-19(5)6/h10-11,17-20,26-27,29-30,36H,12-16H2,1-9H3. The van der Waals surface area contributed by atoms with Crippen LogP contribution in [0.25, 0.3) is 0 Å². The molecule has 0 bridgehead atoms.